The Balaban J connectivity index is 1.84. The van der Waals surface area contributed by atoms with Crippen LogP contribution in [0.15, 0.2) is 24.3 Å². The second kappa shape index (κ2) is 4.88. The molecule has 1 aliphatic heterocycles. The van der Waals surface area contributed by atoms with Crippen LogP contribution in [0.1, 0.15) is 37.0 Å². The van der Waals surface area contributed by atoms with E-state index in [1.54, 1.807) is 12.1 Å². The van der Waals surface area contributed by atoms with Gasteiger partial charge >= 0.3 is 0 Å². The standard InChI is InChI=1S/C14H18O3/c1-14(2)8-7-13(17-14)10-16-12-5-3-11(9-15)4-6-12/h3-6,9,13H,7-8,10H2,1-2H3. The van der Waals surface area contributed by atoms with Gasteiger partial charge in [-0.2, -0.15) is 0 Å². The highest BCUT2D eigenvalue weighted by Crippen LogP contribution is 2.29. The Kier molecular flexibility index (Phi) is 3.48. The number of hydrogen-bond donors (Lipinski definition) is 0. The SMILES string of the molecule is CC1(C)CCC(COc2ccc(C=O)cc2)O1. The zero-order valence-corrected chi connectivity index (χ0v) is 10.3. The summed E-state index contributed by atoms with van der Waals surface area (Å²) in [4.78, 5) is 10.5. The molecule has 2 rings (SSSR count). The first-order valence-corrected chi connectivity index (χ1v) is 5.95. The van der Waals surface area contributed by atoms with Gasteiger partial charge in [-0.3, -0.25) is 4.79 Å². The Morgan fingerprint density at radius 3 is 2.65 bits per heavy atom. The molecule has 0 N–H and O–H groups in total. The topological polar surface area (TPSA) is 35.5 Å². The van der Waals surface area contributed by atoms with Crippen LogP contribution < -0.4 is 4.74 Å². The summed E-state index contributed by atoms with van der Waals surface area (Å²) in [7, 11) is 0. The fourth-order valence-corrected chi connectivity index (χ4v) is 2.03. The van der Waals surface area contributed by atoms with E-state index in [-0.39, 0.29) is 11.7 Å². The third-order valence-corrected chi connectivity index (χ3v) is 3.01. The van der Waals surface area contributed by atoms with Crippen LogP contribution in [0.5, 0.6) is 5.75 Å². The highest BCUT2D eigenvalue weighted by atomic mass is 16.6. The molecule has 0 aliphatic carbocycles. The van der Waals surface area contributed by atoms with Gasteiger partial charge < -0.3 is 9.47 Å². The highest BCUT2D eigenvalue weighted by Gasteiger charge is 2.31. The van der Waals surface area contributed by atoms with Gasteiger partial charge in [0.05, 0.1) is 11.7 Å². The Morgan fingerprint density at radius 1 is 1.41 bits per heavy atom. The first kappa shape index (κ1) is 12.1. The van der Waals surface area contributed by atoms with Crippen LogP contribution in [0.2, 0.25) is 0 Å². The smallest absolute Gasteiger partial charge is 0.150 e. The fraction of sp³-hybridized carbons (Fsp3) is 0.500. The third-order valence-electron chi connectivity index (χ3n) is 3.01. The van der Waals surface area contributed by atoms with Gasteiger partial charge in [-0.25, -0.2) is 0 Å². The lowest BCUT2D eigenvalue weighted by Gasteiger charge is -2.19. The van der Waals surface area contributed by atoms with E-state index >= 15 is 0 Å². The first-order valence-electron chi connectivity index (χ1n) is 5.95. The van der Waals surface area contributed by atoms with Gasteiger partial charge in [-0.1, -0.05) is 0 Å². The predicted octanol–water partition coefficient (Wildman–Crippen LogP) is 2.84. The first-order chi connectivity index (χ1) is 8.09. The van der Waals surface area contributed by atoms with Crippen molar-refractivity contribution in [1.82, 2.24) is 0 Å². The summed E-state index contributed by atoms with van der Waals surface area (Å²) < 4.78 is 11.5. The van der Waals surface area contributed by atoms with Crippen molar-refractivity contribution in [2.75, 3.05) is 6.61 Å². The van der Waals surface area contributed by atoms with Crippen LogP contribution in [-0.4, -0.2) is 24.6 Å². The molecular formula is C14H18O3. The van der Waals surface area contributed by atoms with Crippen molar-refractivity contribution in [3.05, 3.63) is 29.8 Å². The summed E-state index contributed by atoms with van der Waals surface area (Å²) in [5, 5.41) is 0. The monoisotopic (exact) mass is 234 g/mol. The van der Waals surface area contributed by atoms with E-state index in [9.17, 15) is 4.79 Å². The highest BCUT2D eigenvalue weighted by molar-refractivity contribution is 5.74. The lowest BCUT2D eigenvalue weighted by molar-refractivity contribution is -0.0326. The Morgan fingerprint density at radius 2 is 2.12 bits per heavy atom. The van der Waals surface area contributed by atoms with E-state index in [2.05, 4.69) is 13.8 Å². The third kappa shape index (κ3) is 3.30. The maximum Gasteiger partial charge on any atom is 0.150 e. The minimum absolute atomic E-state index is 0.0185. The Bertz CT molecular complexity index is 381. The molecule has 1 heterocycles. The van der Waals surface area contributed by atoms with Crippen LogP contribution in [0.4, 0.5) is 0 Å². The second-order valence-electron chi connectivity index (χ2n) is 5.04. The summed E-state index contributed by atoms with van der Waals surface area (Å²) >= 11 is 0. The molecule has 1 aromatic rings. The fourth-order valence-electron chi connectivity index (χ4n) is 2.03. The molecule has 1 saturated heterocycles. The van der Waals surface area contributed by atoms with Crippen molar-refractivity contribution in [2.45, 2.75) is 38.4 Å². The maximum atomic E-state index is 10.5. The molecule has 3 heteroatoms. The zero-order chi connectivity index (χ0) is 12.3. The summed E-state index contributed by atoms with van der Waals surface area (Å²) in [5.41, 5.74) is 0.644. The van der Waals surface area contributed by atoms with Crippen LogP contribution >= 0.6 is 0 Å². The predicted molar refractivity (Wildman–Crippen MR) is 65.5 cm³/mol. The van der Waals surface area contributed by atoms with E-state index in [0.29, 0.717) is 12.2 Å². The average molecular weight is 234 g/mol. The van der Waals surface area contributed by atoms with Gasteiger partial charge in [-0.05, 0) is 51.0 Å². The van der Waals surface area contributed by atoms with E-state index in [1.165, 1.54) is 0 Å². The van der Waals surface area contributed by atoms with E-state index in [1.807, 2.05) is 12.1 Å². The molecule has 1 aliphatic rings. The number of hydrogen-bond acceptors (Lipinski definition) is 3. The van der Waals surface area contributed by atoms with Crippen LogP contribution in [0.25, 0.3) is 0 Å². The molecular weight excluding hydrogens is 216 g/mol. The average Bonchev–Trinajstić information content (AvgIpc) is 2.67. The molecule has 0 amide bonds. The van der Waals surface area contributed by atoms with E-state index in [0.717, 1.165) is 24.9 Å². The van der Waals surface area contributed by atoms with Gasteiger partial charge in [0.2, 0.25) is 0 Å². The van der Waals surface area contributed by atoms with Gasteiger partial charge in [0.1, 0.15) is 18.6 Å². The summed E-state index contributed by atoms with van der Waals surface area (Å²) in [6, 6.07) is 7.12. The molecule has 92 valence electrons. The van der Waals surface area contributed by atoms with Crippen molar-refractivity contribution in [1.29, 1.82) is 0 Å². The van der Waals surface area contributed by atoms with Crippen LogP contribution in [0, 0.1) is 0 Å². The molecule has 0 spiro atoms. The van der Waals surface area contributed by atoms with Crippen molar-refractivity contribution in [3.8, 4) is 5.75 Å². The number of carbonyl (C=O) groups excluding carboxylic acids is 1. The van der Waals surface area contributed by atoms with Crippen LogP contribution in [-0.2, 0) is 4.74 Å². The van der Waals surface area contributed by atoms with Gasteiger partial charge in [-0.15, -0.1) is 0 Å². The van der Waals surface area contributed by atoms with Crippen molar-refractivity contribution in [3.63, 3.8) is 0 Å². The molecule has 1 aromatic carbocycles. The number of carbonyl (C=O) groups is 1. The van der Waals surface area contributed by atoms with Gasteiger partial charge in [0, 0.05) is 5.56 Å². The molecule has 0 saturated carbocycles. The number of aldehydes is 1. The Labute approximate surface area is 102 Å². The van der Waals surface area contributed by atoms with Crippen molar-refractivity contribution < 1.29 is 14.3 Å². The van der Waals surface area contributed by atoms with Gasteiger partial charge in [0.25, 0.3) is 0 Å². The molecule has 0 radical (unpaired) electrons. The Hall–Kier alpha value is -1.35. The summed E-state index contributed by atoms with van der Waals surface area (Å²) in [6.07, 6.45) is 3.12. The number of benzene rings is 1. The minimum atomic E-state index is -0.0185. The second-order valence-corrected chi connectivity index (χ2v) is 5.04. The molecule has 1 unspecified atom stereocenters. The maximum absolute atomic E-state index is 10.5. The molecule has 0 aromatic heterocycles. The molecule has 1 atom stereocenters. The van der Waals surface area contributed by atoms with Crippen molar-refractivity contribution in [2.24, 2.45) is 0 Å². The van der Waals surface area contributed by atoms with Gasteiger partial charge in [0.15, 0.2) is 0 Å². The molecule has 17 heavy (non-hydrogen) atoms. The zero-order valence-electron chi connectivity index (χ0n) is 10.3. The number of rotatable bonds is 4. The lowest BCUT2D eigenvalue weighted by Crippen LogP contribution is -2.23. The summed E-state index contributed by atoms with van der Waals surface area (Å²) in [5.74, 6) is 0.781. The van der Waals surface area contributed by atoms with Crippen LogP contribution in [0.3, 0.4) is 0 Å². The largest absolute Gasteiger partial charge is 0.491 e. The minimum Gasteiger partial charge on any atom is -0.491 e. The normalized spacial score (nSPS) is 22.4. The molecule has 3 nitrogen and oxygen atoms in total. The quantitative estimate of drug-likeness (QED) is 0.751. The molecule has 1 fully saturated rings. The number of ether oxygens (including phenoxy) is 2. The van der Waals surface area contributed by atoms with E-state index < -0.39 is 0 Å². The summed E-state index contributed by atoms with van der Waals surface area (Å²) in [6.45, 7) is 4.78. The van der Waals surface area contributed by atoms with E-state index in [4.69, 9.17) is 9.47 Å². The van der Waals surface area contributed by atoms with Crippen molar-refractivity contribution >= 4 is 6.29 Å². The molecule has 0 bridgehead atoms. The lowest BCUT2D eigenvalue weighted by atomic mass is 10.1.